The maximum Gasteiger partial charge on any atom is 0.272 e. The van der Waals surface area contributed by atoms with Crippen molar-refractivity contribution in [3.8, 4) is 0 Å². The van der Waals surface area contributed by atoms with E-state index in [0.29, 0.717) is 0 Å². The summed E-state index contributed by atoms with van der Waals surface area (Å²) in [5, 5.41) is 17.6. The molecule has 0 aliphatic heterocycles. The number of benzene rings is 1. The minimum atomic E-state index is -0.831. The van der Waals surface area contributed by atoms with E-state index >= 15 is 0 Å². The van der Waals surface area contributed by atoms with E-state index in [4.69, 9.17) is 10.1 Å². The number of nitro benzene ring substituents is 1. The van der Waals surface area contributed by atoms with Crippen molar-refractivity contribution in [3.63, 3.8) is 0 Å². The first-order valence-corrected chi connectivity index (χ1v) is 4.22. The second-order valence-electron chi connectivity index (χ2n) is 2.68. The zero-order valence-electron chi connectivity index (χ0n) is 7.99. The minimum absolute atomic E-state index is 0.0811. The highest BCUT2D eigenvalue weighted by molar-refractivity contribution is 5.92. The van der Waals surface area contributed by atoms with Gasteiger partial charge < -0.3 is 4.74 Å². The first kappa shape index (κ1) is 11.1. The minimum Gasteiger partial charge on any atom is -0.478 e. The zero-order valence-corrected chi connectivity index (χ0v) is 7.99. The van der Waals surface area contributed by atoms with Crippen molar-refractivity contribution in [2.45, 2.75) is 6.92 Å². The number of halogens is 1. The maximum absolute atomic E-state index is 13.3. The van der Waals surface area contributed by atoms with Crippen molar-refractivity contribution in [3.05, 3.63) is 39.7 Å². The van der Waals surface area contributed by atoms with Gasteiger partial charge in [-0.1, -0.05) is 0 Å². The van der Waals surface area contributed by atoms with Crippen LogP contribution in [-0.2, 0) is 4.74 Å². The summed E-state index contributed by atoms with van der Waals surface area (Å²) in [5.74, 6) is -1.16. The molecule has 0 bridgehead atoms. The normalized spacial score (nSPS) is 9.73. The highest BCUT2D eigenvalue weighted by Crippen LogP contribution is 2.17. The van der Waals surface area contributed by atoms with Crippen LogP contribution in [0.25, 0.3) is 0 Å². The number of nitro groups is 1. The molecule has 0 heterocycles. The fraction of sp³-hybridized carbons (Fsp3) is 0.222. The molecular formula is C9H9FN2O3. The van der Waals surface area contributed by atoms with Crippen molar-refractivity contribution < 1.29 is 14.1 Å². The fourth-order valence-electron chi connectivity index (χ4n) is 1.02. The van der Waals surface area contributed by atoms with Gasteiger partial charge in [0.25, 0.3) is 5.69 Å². The topological polar surface area (TPSA) is 76.2 Å². The first-order valence-electron chi connectivity index (χ1n) is 4.22. The monoisotopic (exact) mass is 212 g/mol. The van der Waals surface area contributed by atoms with Gasteiger partial charge in [0.05, 0.1) is 23.2 Å². The van der Waals surface area contributed by atoms with Gasteiger partial charge >= 0.3 is 0 Å². The van der Waals surface area contributed by atoms with Crippen LogP contribution in [0.4, 0.5) is 10.1 Å². The molecule has 0 radical (unpaired) electrons. The molecular weight excluding hydrogens is 203 g/mol. The first-order chi connectivity index (χ1) is 7.06. The van der Waals surface area contributed by atoms with Gasteiger partial charge in [0.1, 0.15) is 5.82 Å². The lowest BCUT2D eigenvalue weighted by atomic mass is 10.2. The average Bonchev–Trinajstić information content (AvgIpc) is 2.17. The molecule has 0 spiro atoms. The van der Waals surface area contributed by atoms with E-state index in [2.05, 4.69) is 0 Å². The van der Waals surface area contributed by atoms with Gasteiger partial charge in [-0.05, 0) is 13.0 Å². The Kier molecular flexibility index (Phi) is 3.33. The van der Waals surface area contributed by atoms with Crippen LogP contribution in [0.3, 0.4) is 0 Å². The summed E-state index contributed by atoms with van der Waals surface area (Å²) < 4.78 is 18.0. The van der Waals surface area contributed by atoms with Gasteiger partial charge in [0, 0.05) is 6.07 Å². The summed E-state index contributed by atoms with van der Waals surface area (Å²) in [4.78, 5) is 9.62. The molecule has 5 nitrogen and oxygen atoms in total. The Hall–Kier alpha value is -1.98. The zero-order chi connectivity index (χ0) is 11.4. The van der Waals surface area contributed by atoms with E-state index in [1.165, 1.54) is 0 Å². The standard InChI is InChI=1S/C9H9FN2O3/c1-2-15-9(11)7-4-3-6(12(13)14)5-8(7)10/h3-5,11H,2H2,1H3. The van der Waals surface area contributed by atoms with Gasteiger partial charge in [-0.3, -0.25) is 15.5 Å². The molecule has 0 saturated heterocycles. The number of rotatable bonds is 3. The lowest BCUT2D eigenvalue weighted by Gasteiger charge is -2.05. The number of hydrogen-bond acceptors (Lipinski definition) is 4. The number of nitrogens with zero attached hydrogens (tertiary/aromatic N) is 1. The molecule has 0 saturated carbocycles. The molecule has 1 aromatic rings. The molecule has 0 aliphatic carbocycles. The lowest BCUT2D eigenvalue weighted by molar-refractivity contribution is -0.385. The maximum atomic E-state index is 13.3. The lowest BCUT2D eigenvalue weighted by Crippen LogP contribution is -2.07. The van der Waals surface area contributed by atoms with E-state index in [-0.39, 0.29) is 23.8 Å². The van der Waals surface area contributed by atoms with Crippen LogP contribution in [-0.4, -0.2) is 17.4 Å². The quantitative estimate of drug-likeness (QED) is 0.360. The predicted molar refractivity (Wildman–Crippen MR) is 51.5 cm³/mol. The van der Waals surface area contributed by atoms with E-state index in [0.717, 1.165) is 18.2 Å². The highest BCUT2D eigenvalue weighted by atomic mass is 19.1. The van der Waals surface area contributed by atoms with Gasteiger partial charge in [0.2, 0.25) is 5.90 Å². The summed E-state index contributed by atoms with van der Waals surface area (Å²) in [6.45, 7) is 1.91. The van der Waals surface area contributed by atoms with Gasteiger partial charge in [0.15, 0.2) is 0 Å². The molecule has 1 aromatic carbocycles. The number of ether oxygens (including phenoxy) is 1. The molecule has 0 fully saturated rings. The molecule has 80 valence electrons. The van der Waals surface area contributed by atoms with E-state index in [1.54, 1.807) is 6.92 Å². The number of nitrogens with one attached hydrogen (secondary N) is 1. The van der Waals surface area contributed by atoms with Crippen molar-refractivity contribution in [2.24, 2.45) is 0 Å². The summed E-state index contributed by atoms with van der Waals surface area (Å²) >= 11 is 0. The molecule has 15 heavy (non-hydrogen) atoms. The van der Waals surface area contributed by atoms with E-state index in [9.17, 15) is 14.5 Å². The molecule has 0 aromatic heterocycles. The Balaban J connectivity index is 3.03. The molecule has 0 aliphatic rings. The summed E-state index contributed by atoms with van der Waals surface area (Å²) in [5.41, 5.74) is -0.428. The van der Waals surface area contributed by atoms with Crippen LogP contribution in [0, 0.1) is 21.3 Å². The summed E-state index contributed by atoms with van der Waals surface area (Å²) in [6, 6.07) is 3.06. The molecule has 0 amide bonds. The van der Waals surface area contributed by atoms with Crippen molar-refractivity contribution in [1.82, 2.24) is 0 Å². The fourth-order valence-corrected chi connectivity index (χ4v) is 1.02. The van der Waals surface area contributed by atoms with E-state index < -0.39 is 10.7 Å². The Morgan fingerprint density at radius 1 is 1.67 bits per heavy atom. The Morgan fingerprint density at radius 3 is 2.80 bits per heavy atom. The second kappa shape index (κ2) is 4.50. The summed E-state index contributed by atoms with van der Waals surface area (Å²) in [7, 11) is 0. The van der Waals surface area contributed by atoms with Crippen LogP contribution in [0.1, 0.15) is 12.5 Å². The van der Waals surface area contributed by atoms with Gasteiger partial charge in [-0.2, -0.15) is 0 Å². The third kappa shape index (κ3) is 2.49. The number of hydrogen-bond donors (Lipinski definition) is 1. The molecule has 1 N–H and O–H groups in total. The Labute approximate surface area is 85.1 Å². The van der Waals surface area contributed by atoms with Crippen LogP contribution >= 0.6 is 0 Å². The SMILES string of the molecule is CCOC(=N)c1ccc([N+](=O)[O-])cc1F. The van der Waals surface area contributed by atoms with E-state index in [1.807, 2.05) is 0 Å². The third-order valence-electron chi connectivity index (χ3n) is 1.70. The average molecular weight is 212 g/mol. The van der Waals surface area contributed by atoms with Gasteiger partial charge in [-0.15, -0.1) is 0 Å². The number of non-ortho nitro benzene ring substituents is 1. The van der Waals surface area contributed by atoms with Crippen LogP contribution in [0.2, 0.25) is 0 Å². The molecule has 6 heteroatoms. The van der Waals surface area contributed by atoms with Gasteiger partial charge in [-0.25, -0.2) is 4.39 Å². The van der Waals surface area contributed by atoms with Crippen LogP contribution in [0.15, 0.2) is 18.2 Å². The Morgan fingerprint density at radius 2 is 2.33 bits per heavy atom. The van der Waals surface area contributed by atoms with Crippen molar-refractivity contribution in [2.75, 3.05) is 6.61 Å². The Bertz CT molecular complexity index is 406. The molecule has 0 atom stereocenters. The van der Waals surface area contributed by atoms with Crippen LogP contribution in [0.5, 0.6) is 0 Å². The molecule has 0 unspecified atom stereocenters. The third-order valence-corrected chi connectivity index (χ3v) is 1.70. The smallest absolute Gasteiger partial charge is 0.272 e. The largest absolute Gasteiger partial charge is 0.478 e. The second-order valence-corrected chi connectivity index (χ2v) is 2.68. The highest BCUT2D eigenvalue weighted by Gasteiger charge is 2.14. The van der Waals surface area contributed by atoms with Crippen molar-refractivity contribution in [1.29, 1.82) is 5.41 Å². The molecule has 1 rings (SSSR count). The predicted octanol–water partition coefficient (Wildman–Crippen LogP) is 2.10. The van der Waals surface area contributed by atoms with Crippen molar-refractivity contribution >= 4 is 11.6 Å². The summed E-state index contributed by atoms with van der Waals surface area (Å²) in [6.07, 6.45) is 0. The van der Waals surface area contributed by atoms with Crippen LogP contribution < -0.4 is 0 Å².